The minimum atomic E-state index is 0.147. The molecule has 0 amide bonds. The van der Waals surface area contributed by atoms with Gasteiger partial charge in [-0.3, -0.25) is 0 Å². The van der Waals surface area contributed by atoms with Crippen molar-refractivity contribution in [2.75, 3.05) is 6.54 Å². The molecule has 0 saturated heterocycles. The van der Waals surface area contributed by atoms with Crippen LogP contribution in [0.15, 0.2) is 9.98 Å². The highest BCUT2D eigenvalue weighted by atomic mass is 16.1. The second-order valence-electron chi connectivity index (χ2n) is 7.13. The van der Waals surface area contributed by atoms with Crippen molar-refractivity contribution in [2.45, 2.75) is 116 Å². The molecule has 144 valence electrons. The van der Waals surface area contributed by atoms with Crippen LogP contribution in [0.5, 0.6) is 0 Å². The lowest BCUT2D eigenvalue weighted by Gasteiger charge is -2.04. The predicted molar refractivity (Wildman–Crippen MR) is 104 cm³/mol. The smallest absolute Gasteiger partial charge is 0.211 e. The summed E-state index contributed by atoms with van der Waals surface area (Å²) >= 11 is 0. The van der Waals surface area contributed by atoms with E-state index in [1.54, 1.807) is 12.2 Å². The molecular weight excluding hydrogens is 312 g/mol. The molecule has 0 bridgehead atoms. The van der Waals surface area contributed by atoms with Gasteiger partial charge in [0.2, 0.25) is 12.2 Å². The Balaban J connectivity index is 3.07. The summed E-state index contributed by atoms with van der Waals surface area (Å²) < 4.78 is 0. The van der Waals surface area contributed by atoms with Crippen molar-refractivity contribution in [2.24, 2.45) is 9.98 Å². The summed E-state index contributed by atoms with van der Waals surface area (Å²) in [4.78, 5) is 27.3. The summed E-state index contributed by atoms with van der Waals surface area (Å²) in [5, 5.41) is 0. The van der Waals surface area contributed by atoms with Gasteiger partial charge >= 0.3 is 0 Å². The maximum atomic E-state index is 10.1. The summed E-state index contributed by atoms with van der Waals surface area (Å²) in [6, 6.07) is 0.147. The molecule has 1 unspecified atom stereocenters. The molecule has 0 saturated carbocycles. The van der Waals surface area contributed by atoms with E-state index in [0.29, 0.717) is 6.54 Å². The third-order valence-electron chi connectivity index (χ3n) is 4.73. The fourth-order valence-corrected chi connectivity index (χ4v) is 3.13. The molecule has 1 atom stereocenters. The first kappa shape index (κ1) is 23.8. The largest absolute Gasteiger partial charge is 0.235 e. The normalized spacial score (nSPS) is 11.6. The molecule has 0 N–H and O–H groups in total. The highest BCUT2D eigenvalue weighted by molar-refractivity contribution is 5.33. The van der Waals surface area contributed by atoms with E-state index in [0.717, 1.165) is 12.8 Å². The second kappa shape index (κ2) is 20.8. The minimum absolute atomic E-state index is 0.147. The predicted octanol–water partition coefficient (Wildman–Crippen LogP) is 6.29. The zero-order valence-corrected chi connectivity index (χ0v) is 16.3. The van der Waals surface area contributed by atoms with Crippen LogP contribution in [-0.4, -0.2) is 24.7 Å². The highest BCUT2D eigenvalue weighted by Crippen LogP contribution is 2.14. The van der Waals surface area contributed by atoms with E-state index >= 15 is 0 Å². The molecular formula is C21H38N2O2. The molecule has 4 nitrogen and oxygen atoms in total. The number of isocyanates is 2. The van der Waals surface area contributed by atoms with E-state index in [1.807, 2.05) is 6.92 Å². The monoisotopic (exact) mass is 350 g/mol. The van der Waals surface area contributed by atoms with Gasteiger partial charge in [-0.15, -0.1) is 0 Å². The summed E-state index contributed by atoms with van der Waals surface area (Å²) in [7, 11) is 0. The quantitative estimate of drug-likeness (QED) is 0.156. The number of carbonyl (C=O) groups excluding carboxylic acids is 2. The molecule has 0 aliphatic heterocycles. The van der Waals surface area contributed by atoms with E-state index in [9.17, 15) is 9.59 Å². The van der Waals surface area contributed by atoms with Crippen molar-refractivity contribution in [3.05, 3.63) is 0 Å². The molecule has 0 aliphatic rings. The van der Waals surface area contributed by atoms with Crippen LogP contribution in [0.4, 0.5) is 0 Å². The Bertz CT molecular complexity index is 372. The van der Waals surface area contributed by atoms with Crippen LogP contribution in [0.1, 0.15) is 110 Å². The lowest BCUT2D eigenvalue weighted by atomic mass is 10.0. The van der Waals surface area contributed by atoms with Crippen LogP contribution < -0.4 is 0 Å². The minimum Gasteiger partial charge on any atom is -0.211 e. The van der Waals surface area contributed by atoms with Crippen LogP contribution in [-0.2, 0) is 9.59 Å². The van der Waals surface area contributed by atoms with Gasteiger partial charge in [0.15, 0.2) is 0 Å². The molecule has 0 heterocycles. The maximum absolute atomic E-state index is 10.1. The topological polar surface area (TPSA) is 58.9 Å². The second-order valence-corrected chi connectivity index (χ2v) is 7.13. The van der Waals surface area contributed by atoms with Crippen molar-refractivity contribution >= 4 is 12.2 Å². The van der Waals surface area contributed by atoms with E-state index in [2.05, 4.69) is 9.98 Å². The fraction of sp³-hybridized carbons (Fsp3) is 0.905. The van der Waals surface area contributed by atoms with Crippen molar-refractivity contribution in [1.29, 1.82) is 0 Å². The number of unbranched alkanes of at least 4 members (excludes halogenated alkanes) is 14. The molecule has 0 aromatic heterocycles. The Morgan fingerprint density at radius 2 is 1.00 bits per heavy atom. The number of hydrogen-bond donors (Lipinski definition) is 0. The van der Waals surface area contributed by atoms with Gasteiger partial charge in [0.05, 0.1) is 12.6 Å². The zero-order chi connectivity index (χ0) is 18.4. The molecule has 0 rings (SSSR count). The fourth-order valence-electron chi connectivity index (χ4n) is 3.13. The highest BCUT2D eigenvalue weighted by Gasteiger charge is 1.98. The molecule has 4 heteroatoms. The summed E-state index contributed by atoms with van der Waals surface area (Å²) in [6.45, 7) is 2.63. The standard InChI is InChI=1S/C21H38N2O2/c1-21(23-20-25)17-15-13-11-9-7-5-3-2-4-6-8-10-12-14-16-18-22-19-24/h21H,2-18H2,1H3. The summed E-state index contributed by atoms with van der Waals surface area (Å²) in [5.41, 5.74) is 0. The van der Waals surface area contributed by atoms with Gasteiger partial charge in [0.1, 0.15) is 0 Å². The number of nitrogens with zero attached hydrogens (tertiary/aromatic N) is 2. The Kier molecular flexibility index (Phi) is 19.8. The van der Waals surface area contributed by atoms with Crippen molar-refractivity contribution in [3.63, 3.8) is 0 Å². The van der Waals surface area contributed by atoms with E-state index in [-0.39, 0.29) is 6.04 Å². The number of rotatable bonds is 19. The number of hydrogen-bond acceptors (Lipinski definition) is 4. The van der Waals surface area contributed by atoms with E-state index < -0.39 is 0 Å². The van der Waals surface area contributed by atoms with Crippen LogP contribution in [0.25, 0.3) is 0 Å². The lowest BCUT2D eigenvalue weighted by Crippen LogP contribution is -1.96. The average Bonchev–Trinajstić information content (AvgIpc) is 2.61. The first-order valence-corrected chi connectivity index (χ1v) is 10.4. The lowest BCUT2D eigenvalue weighted by molar-refractivity contribution is 0.518. The van der Waals surface area contributed by atoms with Crippen molar-refractivity contribution < 1.29 is 9.59 Å². The first-order valence-electron chi connectivity index (χ1n) is 10.4. The van der Waals surface area contributed by atoms with Crippen molar-refractivity contribution in [3.8, 4) is 0 Å². The third-order valence-corrected chi connectivity index (χ3v) is 4.73. The Labute approximate surface area is 154 Å². The van der Waals surface area contributed by atoms with Gasteiger partial charge in [0, 0.05) is 0 Å². The van der Waals surface area contributed by atoms with Gasteiger partial charge in [0.25, 0.3) is 0 Å². The van der Waals surface area contributed by atoms with Gasteiger partial charge in [-0.1, -0.05) is 89.9 Å². The third kappa shape index (κ3) is 20.7. The maximum Gasteiger partial charge on any atom is 0.235 e. The molecule has 0 aromatic carbocycles. The van der Waals surface area contributed by atoms with Crippen molar-refractivity contribution in [1.82, 2.24) is 0 Å². The Morgan fingerprint density at radius 1 is 0.600 bits per heavy atom. The van der Waals surface area contributed by atoms with E-state index in [1.165, 1.54) is 89.9 Å². The van der Waals surface area contributed by atoms with Gasteiger partial charge < -0.3 is 0 Å². The SMILES string of the molecule is CC(CCCCCCCCCCCCCCCCCN=C=O)N=C=O. The average molecular weight is 351 g/mol. The van der Waals surface area contributed by atoms with Crippen LogP contribution in [0, 0.1) is 0 Å². The van der Waals surface area contributed by atoms with E-state index in [4.69, 9.17) is 0 Å². The summed E-state index contributed by atoms with van der Waals surface area (Å²) in [5.74, 6) is 0. The Morgan fingerprint density at radius 3 is 1.40 bits per heavy atom. The zero-order valence-electron chi connectivity index (χ0n) is 16.3. The van der Waals surface area contributed by atoms with Gasteiger partial charge in [-0.25, -0.2) is 19.6 Å². The van der Waals surface area contributed by atoms with Crippen LogP contribution in [0.2, 0.25) is 0 Å². The molecule has 0 aromatic rings. The van der Waals surface area contributed by atoms with Gasteiger partial charge in [-0.2, -0.15) is 0 Å². The molecule has 0 aliphatic carbocycles. The number of aliphatic imine (C=N–C) groups is 2. The molecule has 0 spiro atoms. The summed E-state index contributed by atoms with van der Waals surface area (Å²) in [6.07, 6.45) is 23.8. The van der Waals surface area contributed by atoms with Crippen LogP contribution in [0.3, 0.4) is 0 Å². The Hall–Kier alpha value is -1.24. The molecule has 0 fully saturated rings. The molecule has 0 radical (unpaired) electrons. The van der Waals surface area contributed by atoms with Crippen LogP contribution >= 0.6 is 0 Å². The van der Waals surface area contributed by atoms with Gasteiger partial charge in [-0.05, 0) is 19.8 Å². The first-order chi connectivity index (χ1) is 12.3. The molecule has 25 heavy (non-hydrogen) atoms.